The summed E-state index contributed by atoms with van der Waals surface area (Å²) in [6.07, 6.45) is 3.00. The second-order valence-electron chi connectivity index (χ2n) is 9.40. The summed E-state index contributed by atoms with van der Waals surface area (Å²) in [4.78, 5) is 36.1. The zero-order chi connectivity index (χ0) is 24.7. The molecule has 1 saturated carbocycles. The maximum Gasteiger partial charge on any atom is 0.341 e. The van der Waals surface area contributed by atoms with Crippen LogP contribution < -0.4 is 16.1 Å². The number of rotatable bonds is 7. The summed E-state index contributed by atoms with van der Waals surface area (Å²) in [7, 11) is 0. The number of hydrogen-bond acceptors (Lipinski definition) is 7. The molecule has 1 aliphatic heterocycles. The number of carbonyl (C=O) groups is 1. The summed E-state index contributed by atoms with van der Waals surface area (Å²) < 4.78 is 17.0. The lowest BCUT2D eigenvalue weighted by Crippen LogP contribution is -2.36. The number of carboxylic acids is 1. The summed E-state index contributed by atoms with van der Waals surface area (Å²) in [5, 5.41) is 13.7. The molecule has 0 radical (unpaired) electrons. The molecule has 1 saturated heterocycles. The Kier molecular flexibility index (Phi) is 7.01. The number of aromatic nitrogens is 2. The Hall–Kier alpha value is -3.50. The average Bonchev–Trinajstić information content (AvgIpc) is 3.63. The van der Waals surface area contributed by atoms with Gasteiger partial charge in [0, 0.05) is 30.7 Å². The first-order chi connectivity index (χ1) is 16.8. The number of fused-ring (bicyclic) bond motifs is 1. The van der Waals surface area contributed by atoms with Crippen molar-refractivity contribution in [3.63, 3.8) is 0 Å². The largest absolute Gasteiger partial charge is 0.477 e. The van der Waals surface area contributed by atoms with Gasteiger partial charge in [0.1, 0.15) is 17.8 Å². The molecule has 9 nitrogen and oxygen atoms in total. The molecule has 36 heavy (non-hydrogen) atoms. The van der Waals surface area contributed by atoms with Crippen molar-refractivity contribution in [2.75, 3.05) is 24.5 Å². The van der Waals surface area contributed by atoms with E-state index in [2.05, 4.69) is 10.1 Å². The van der Waals surface area contributed by atoms with E-state index in [1.165, 1.54) is 6.20 Å². The first-order valence-corrected chi connectivity index (χ1v) is 11.5. The number of aromatic carboxylic acids is 1. The number of anilines is 1. The van der Waals surface area contributed by atoms with Crippen LogP contribution in [0.15, 0.2) is 52.5 Å². The topological polar surface area (TPSA) is 123 Å². The van der Waals surface area contributed by atoms with Gasteiger partial charge in [0.25, 0.3) is 0 Å². The molecule has 2 aromatic heterocycles. The molecular weight excluding hydrogens is 489 g/mol. The minimum Gasteiger partial charge on any atom is -0.477 e. The smallest absolute Gasteiger partial charge is 0.341 e. The van der Waals surface area contributed by atoms with Gasteiger partial charge in [-0.3, -0.25) is 4.79 Å². The van der Waals surface area contributed by atoms with Gasteiger partial charge in [-0.05, 0) is 24.5 Å². The molecule has 0 spiro atoms. The highest BCUT2D eigenvalue weighted by Gasteiger charge is 2.41. The van der Waals surface area contributed by atoms with E-state index in [-0.39, 0.29) is 54.0 Å². The third-order valence-corrected chi connectivity index (χ3v) is 6.69. The van der Waals surface area contributed by atoms with Crippen molar-refractivity contribution in [3.8, 4) is 0 Å². The van der Waals surface area contributed by atoms with Crippen LogP contribution in [0.4, 0.5) is 10.2 Å². The number of nitrogens with two attached hydrogens (primary N) is 1. The number of halogens is 2. The van der Waals surface area contributed by atoms with Gasteiger partial charge in [0.05, 0.1) is 17.6 Å². The highest BCUT2D eigenvalue weighted by Crippen LogP contribution is 2.38. The standard InChI is InChI=1S/C25H26FN5O4.ClH/c1-25(13-27)14-30(11-20(25)29-35-12-15-5-3-2-4-6-15)23-19(26)9-17-21(32)18(24(33)34)10-31(16-7-8-16)22(17)28-23;/h2-6,9-10,16H,7-8,11-14,27H2,1H3,(H,33,34);1H/b29-20+;. The molecule has 1 aliphatic carbocycles. The summed E-state index contributed by atoms with van der Waals surface area (Å²) in [6.45, 7) is 3.15. The van der Waals surface area contributed by atoms with Crippen LogP contribution in [0.25, 0.3) is 11.0 Å². The van der Waals surface area contributed by atoms with Crippen LogP contribution in [0.2, 0.25) is 0 Å². The molecule has 0 amide bonds. The molecule has 3 aromatic rings. The SMILES string of the molecule is CC1(CN)CN(c2nc3c(cc2F)c(=O)c(C(=O)O)cn3C2CC2)C/C1=N\OCc1ccccc1.Cl. The Morgan fingerprint density at radius 1 is 1.33 bits per heavy atom. The quantitative estimate of drug-likeness (QED) is 0.462. The fourth-order valence-corrected chi connectivity index (χ4v) is 4.41. The van der Waals surface area contributed by atoms with Crippen molar-refractivity contribution in [1.29, 1.82) is 0 Å². The predicted molar refractivity (Wildman–Crippen MR) is 136 cm³/mol. The second kappa shape index (κ2) is 9.87. The van der Waals surface area contributed by atoms with Crippen molar-refractivity contribution in [3.05, 3.63) is 69.8 Å². The van der Waals surface area contributed by atoms with Gasteiger partial charge in [0.15, 0.2) is 11.6 Å². The predicted octanol–water partition coefficient (Wildman–Crippen LogP) is 3.35. The van der Waals surface area contributed by atoms with E-state index in [9.17, 15) is 14.7 Å². The van der Waals surface area contributed by atoms with E-state index in [0.29, 0.717) is 18.9 Å². The fraction of sp³-hybridized carbons (Fsp3) is 0.360. The van der Waals surface area contributed by atoms with Crippen LogP contribution in [0.5, 0.6) is 0 Å². The molecule has 190 valence electrons. The van der Waals surface area contributed by atoms with Crippen LogP contribution in [0.3, 0.4) is 0 Å². The van der Waals surface area contributed by atoms with E-state index >= 15 is 4.39 Å². The van der Waals surface area contributed by atoms with E-state index in [1.54, 1.807) is 9.47 Å². The van der Waals surface area contributed by atoms with Gasteiger partial charge in [-0.1, -0.05) is 42.4 Å². The first-order valence-electron chi connectivity index (χ1n) is 11.5. The van der Waals surface area contributed by atoms with E-state index in [4.69, 9.17) is 10.6 Å². The Balaban J connectivity index is 0.00000304. The number of oxime groups is 1. The molecule has 1 atom stereocenters. The van der Waals surface area contributed by atoms with Crippen LogP contribution in [-0.2, 0) is 11.4 Å². The Labute approximate surface area is 212 Å². The molecule has 0 bridgehead atoms. The number of pyridine rings is 2. The Morgan fingerprint density at radius 2 is 2.06 bits per heavy atom. The van der Waals surface area contributed by atoms with E-state index < -0.39 is 22.6 Å². The van der Waals surface area contributed by atoms with E-state index in [0.717, 1.165) is 24.5 Å². The van der Waals surface area contributed by atoms with Crippen molar-refractivity contribution in [1.82, 2.24) is 9.55 Å². The maximum atomic E-state index is 15.3. The summed E-state index contributed by atoms with van der Waals surface area (Å²) in [6, 6.07) is 10.8. The number of nitrogens with zero attached hydrogens (tertiary/aromatic N) is 4. The highest BCUT2D eigenvalue weighted by molar-refractivity contribution is 5.97. The summed E-state index contributed by atoms with van der Waals surface area (Å²) >= 11 is 0. The normalized spacial score (nSPS) is 20.5. The van der Waals surface area contributed by atoms with Gasteiger partial charge in [-0.15, -0.1) is 12.4 Å². The molecule has 1 aromatic carbocycles. The first kappa shape index (κ1) is 25.6. The molecule has 2 aliphatic rings. The zero-order valence-corrected chi connectivity index (χ0v) is 20.5. The number of hydrogen-bond donors (Lipinski definition) is 2. The highest BCUT2D eigenvalue weighted by atomic mass is 35.5. The minimum absolute atomic E-state index is 0. The van der Waals surface area contributed by atoms with Gasteiger partial charge >= 0.3 is 5.97 Å². The molecule has 1 unspecified atom stereocenters. The van der Waals surface area contributed by atoms with E-state index in [1.807, 2.05) is 37.3 Å². The van der Waals surface area contributed by atoms with Crippen LogP contribution in [0, 0.1) is 11.2 Å². The molecule has 5 rings (SSSR count). The lowest BCUT2D eigenvalue weighted by molar-refractivity contribution is 0.0695. The number of carboxylic acid groups (broad SMARTS) is 1. The Bertz CT molecular complexity index is 1390. The number of benzene rings is 1. The van der Waals surface area contributed by atoms with Gasteiger partial charge in [0.2, 0.25) is 5.43 Å². The summed E-state index contributed by atoms with van der Waals surface area (Å²) in [5.41, 5.74) is 6.31. The third kappa shape index (κ3) is 4.66. The minimum atomic E-state index is -1.34. The van der Waals surface area contributed by atoms with Crippen molar-refractivity contribution in [2.45, 2.75) is 32.4 Å². The van der Waals surface area contributed by atoms with Crippen LogP contribution in [0.1, 0.15) is 41.7 Å². The Morgan fingerprint density at radius 3 is 2.69 bits per heavy atom. The average molecular weight is 516 g/mol. The summed E-state index contributed by atoms with van der Waals surface area (Å²) in [5.74, 6) is -1.97. The van der Waals surface area contributed by atoms with Crippen LogP contribution >= 0.6 is 12.4 Å². The molecule has 11 heteroatoms. The molecule has 2 fully saturated rings. The lowest BCUT2D eigenvalue weighted by Gasteiger charge is -2.23. The van der Waals surface area contributed by atoms with Crippen molar-refractivity contribution < 1.29 is 19.1 Å². The lowest BCUT2D eigenvalue weighted by atomic mass is 9.88. The van der Waals surface area contributed by atoms with Gasteiger partial charge in [-0.2, -0.15) is 0 Å². The van der Waals surface area contributed by atoms with Crippen molar-refractivity contribution in [2.24, 2.45) is 16.3 Å². The molecule has 3 heterocycles. The third-order valence-electron chi connectivity index (χ3n) is 6.69. The second-order valence-corrected chi connectivity index (χ2v) is 9.40. The zero-order valence-electron chi connectivity index (χ0n) is 19.7. The van der Waals surface area contributed by atoms with Crippen molar-refractivity contribution >= 4 is 40.9 Å². The monoisotopic (exact) mass is 515 g/mol. The maximum absolute atomic E-state index is 15.3. The molecular formula is C25H27ClFN5O4. The van der Waals surface area contributed by atoms with Gasteiger partial charge < -0.3 is 25.1 Å². The molecule has 3 N–H and O–H groups in total. The van der Waals surface area contributed by atoms with Gasteiger partial charge in [-0.25, -0.2) is 14.2 Å². The van der Waals surface area contributed by atoms with Crippen LogP contribution in [-0.4, -0.2) is 46.0 Å². The fourth-order valence-electron chi connectivity index (χ4n) is 4.41.